The Hall–Kier alpha value is -0.410. The van der Waals surface area contributed by atoms with Crippen LogP contribution in [0, 0.1) is 11.2 Å². The van der Waals surface area contributed by atoms with Crippen molar-refractivity contribution in [3.63, 3.8) is 0 Å². The summed E-state index contributed by atoms with van der Waals surface area (Å²) in [5, 5.41) is 10.0. The van der Waals surface area contributed by atoms with Gasteiger partial charge in [-0.05, 0) is 42.0 Å². The van der Waals surface area contributed by atoms with Crippen LogP contribution in [0.3, 0.4) is 0 Å². The summed E-state index contributed by atoms with van der Waals surface area (Å²) >= 11 is 3.34. The number of aliphatic hydroxyl groups excluding tert-OH is 1. The number of rotatable bonds is 4. The highest BCUT2D eigenvalue weighted by Crippen LogP contribution is 2.30. The van der Waals surface area contributed by atoms with Crippen LogP contribution in [-0.2, 0) is 0 Å². The average molecular weight is 303 g/mol. The first-order valence-electron chi connectivity index (χ1n) is 5.92. The van der Waals surface area contributed by atoms with Gasteiger partial charge in [0, 0.05) is 4.47 Å². The quantitative estimate of drug-likeness (QED) is 0.844. The van der Waals surface area contributed by atoms with Gasteiger partial charge < -0.3 is 5.11 Å². The summed E-state index contributed by atoms with van der Waals surface area (Å²) in [5.74, 6) is -0.307. The minimum absolute atomic E-state index is 0.277. The molecule has 0 aromatic heterocycles. The maximum atomic E-state index is 13.1. The molecule has 1 atom stereocenters. The topological polar surface area (TPSA) is 20.2 Å². The molecule has 0 saturated heterocycles. The molecular formula is C14H20BrFO. The van der Waals surface area contributed by atoms with Crippen LogP contribution < -0.4 is 0 Å². The molecule has 0 aliphatic heterocycles. The Morgan fingerprint density at radius 1 is 1.35 bits per heavy atom. The second-order valence-electron chi connectivity index (χ2n) is 5.63. The van der Waals surface area contributed by atoms with Crippen LogP contribution >= 0.6 is 15.9 Å². The first-order valence-corrected chi connectivity index (χ1v) is 6.72. The highest BCUT2D eigenvalue weighted by atomic mass is 79.9. The van der Waals surface area contributed by atoms with E-state index in [0.29, 0.717) is 12.0 Å². The summed E-state index contributed by atoms with van der Waals surface area (Å²) in [5.41, 5.74) is 0.915. The minimum atomic E-state index is -0.595. The highest BCUT2D eigenvalue weighted by molar-refractivity contribution is 9.10. The van der Waals surface area contributed by atoms with E-state index < -0.39 is 6.10 Å². The predicted octanol–water partition coefficient (Wildman–Crippen LogP) is 4.84. The summed E-state index contributed by atoms with van der Waals surface area (Å²) in [6, 6.07) is 4.42. The zero-order valence-electron chi connectivity index (χ0n) is 10.6. The van der Waals surface area contributed by atoms with Gasteiger partial charge in [-0.1, -0.05) is 43.1 Å². The summed E-state index contributed by atoms with van der Waals surface area (Å²) in [7, 11) is 0. The molecule has 1 aromatic rings. The number of aliphatic hydroxyl groups is 1. The molecule has 1 unspecified atom stereocenters. The van der Waals surface area contributed by atoms with E-state index in [9.17, 15) is 9.50 Å². The van der Waals surface area contributed by atoms with E-state index in [2.05, 4.69) is 36.7 Å². The Kier molecular flexibility index (Phi) is 5.14. The summed E-state index contributed by atoms with van der Waals surface area (Å²) in [6.45, 7) is 6.53. The van der Waals surface area contributed by atoms with E-state index in [4.69, 9.17) is 0 Å². The van der Waals surface area contributed by atoms with Gasteiger partial charge in [-0.15, -0.1) is 0 Å². The van der Waals surface area contributed by atoms with E-state index >= 15 is 0 Å². The lowest BCUT2D eigenvalue weighted by molar-refractivity contribution is 0.157. The van der Waals surface area contributed by atoms with Crippen molar-refractivity contribution >= 4 is 15.9 Å². The van der Waals surface area contributed by atoms with Gasteiger partial charge in [-0.25, -0.2) is 4.39 Å². The number of halogens is 2. The molecule has 0 aliphatic carbocycles. The number of benzene rings is 1. The zero-order valence-corrected chi connectivity index (χ0v) is 12.2. The molecule has 3 heteroatoms. The molecule has 1 aromatic carbocycles. The largest absolute Gasteiger partial charge is 0.388 e. The van der Waals surface area contributed by atoms with Crippen LogP contribution in [0.4, 0.5) is 4.39 Å². The number of hydrogen-bond donors (Lipinski definition) is 1. The molecule has 0 fully saturated rings. The summed E-state index contributed by atoms with van der Waals surface area (Å²) in [4.78, 5) is 0. The molecule has 0 saturated carbocycles. The lowest BCUT2D eigenvalue weighted by Gasteiger charge is -2.19. The van der Waals surface area contributed by atoms with Crippen molar-refractivity contribution in [1.29, 1.82) is 0 Å². The Morgan fingerprint density at radius 3 is 2.59 bits per heavy atom. The minimum Gasteiger partial charge on any atom is -0.388 e. The van der Waals surface area contributed by atoms with Crippen LogP contribution in [0.25, 0.3) is 0 Å². The predicted molar refractivity (Wildman–Crippen MR) is 72.4 cm³/mol. The van der Waals surface area contributed by atoms with Crippen molar-refractivity contribution in [1.82, 2.24) is 0 Å². The van der Waals surface area contributed by atoms with E-state index in [0.717, 1.165) is 17.3 Å². The summed E-state index contributed by atoms with van der Waals surface area (Å²) < 4.78 is 13.9. The SMILES string of the molecule is CC(C)(C)CCCC(O)c1cc(F)ccc1Br. The highest BCUT2D eigenvalue weighted by Gasteiger charge is 2.15. The Bertz CT molecular complexity index is 371. The van der Waals surface area contributed by atoms with Gasteiger partial charge >= 0.3 is 0 Å². The van der Waals surface area contributed by atoms with Gasteiger partial charge in [-0.3, -0.25) is 0 Å². The Morgan fingerprint density at radius 2 is 2.00 bits per heavy atom. The first-order chi connectivity index (χ1) is 7.79. The molecule has 0 amide bonds. The van der Waals surface area contributed by atoms with E-state index in [1.807, 2.05) is 0 Å². The third-order valence-electron chi connectivity index (χ3n) is 2.72. The molecule has 0 spiro atoms. The monoisotopic (exact) mass is 302 g/mol. The lowest BCUT2D eigenvalue weighted by atomic mass is 9.88. The molecule has 0 bridgehead atoms. The third-order valence-corrected chi connectivity index (χ3v) is 3.44. The maximum absolute atomic E-state index is 13.1. The molecule has 0 aliphatic rings. The molecule has 1 N–H and O–H groups in total. The van der Waals surface area contributed by atoms with Crippen LogP contribution in [-0.4, -0.2) is 5.11 Å². The third kappa shape index (κ3) is 5.17. The van der Waals surface area contributed by atoms with Gasteiger partial charge in [-0.2, -0.15) is 0 Å². The van der Waals surface area contributed by atoms with Gasteiger partial charge in [0.2, 0.25) is 0 Å². The fourth-order valence-electron chi connectivity index (χ4n) is 1.75. The van der Waals surface area contributed by atoms with Crippen LogP contribution in [0.2, 0.25) is 0 Å². The fraction of sp³-hybridized carbons (Fsp3) is 0.571. The maximum Gasteiger partial charge on any atom is 0.123 e. The lowest BCUT2D eigenvalue weighted by Crippen LogP contribution is -2.06. The molecule has 1 nitrogen and oxygen atoms in total. The van der Waals surface area contributed by atoms with Gasteiger partial charge in [0.1, 0.15) is 5.82 Å². The van der Waals surface area contributed by atoms with Crippen molar-refractivity contribution in [2.75, 3.05) is 0 Å². The molecular weight excluding hydrogens is 283 g/mol. The molecule has 17 heavy (non-hydrogen) atoms. The van der Waals surface area contributed by atoms with E-state index in [1.165, 1.54) is 12.1 Å². The van der Waals surface area contributed by atoms with Gasteiger partial charge in [0.15, 0.2) is 0 Å². The van der Waals surface area contributed by atoms with E-state index in [-0.39, 0.29) is 11.2 Å². The fourth-order valence-corrected chi connectivity index (χ4v) is 2.26. The van der Waals surface area contributed by atoms with Crippen molar-refractivity contribution in [2.45, 2.75) is 46.1 Å². The second-order valence-corrected chi connectivity index (χ2v) is 6.49. The standard InChI is InChI=1S/C14H20BrFO/c1-14(2,3)8-4-5-13(17)11-9-10(16)6-7-12(11)15/h6-7,9,13,17H,4-5,8H2,1-3H3. The summed E-state index contributed by atoms with van der Waals surface area (Å²) in [6.07, 6.45) is 2.06. The Balaban J connectivity index is 2.58. The molecule has 0 radical (unpaired) electrons. The zero-order chi connectivity index (χ0) is 13.1. The van der Waals surface area contributed by atoms with Gasteiger partial charge in [0.05, 0.1) is 6.10 Å². The van der Waals surface area contributed by atoms with Crippen molar-refractivity contribution < 1.29 is 9.50 Å². The smallest absolute Gasteiger partial charge is 0.123 e. The molecule has 0 heterocycles. The second kappa shape index (κ2) is 5.96. The Labute approximate surface area is 111 Å². The van der Waals surface area contributed by atoms with E-state index in [1.54, 1.807) is 6.07 Å². The average Bonchev–Trinajstić information content (AvgIpc) is 2.19. The molecule has 1 rings (SSSR count). The van der Waals surface area contributed by atoms with Crippen molar-refractivity contribution in [3.8, 4) is 0 Å². The van der Waals surface area contributed by atoms with Crippen LogP contribution in [0.15, 0.2) is 22.7 Å². The first kappa shape index (κ1) is 14.7. The van der Waals surface area contributed by atoms with Crippen LogP contribution in [0.5, 0.6) is 0 Å². The van der Waals surface area contributed by atoms with Crippen molar-refractivity contribution in [3.05, 3.63) is 34.1 Å². The van der Waals surface area contributed by atoms with Crippen LogP contribution in [0.1, 0.15) is 51.7 Å². The molecule has 96 valence electrons. The number of hydrogen-bond acceptors (Lipinski definition) is 1. The normalized spacial score (nSPS) is 13.8. The van der Waals surface area contributed by atoms with Gasteiger partial charge in [0.25, 0.3) is 0 Å². The van der Waals surface area contributed by atoms with Crippen molar-refractivity contribution in [2.24, 2.45) is 5.41 Å².